The van der Waals surface area contributed by atoms with Crippen molar-refractivity contribution in [2.24, 2.45) is 0 Å². The Bertz CT molecular complexity index is 1060. The maximum Gasteiger partial charge on any atom is 0.255 e. The molecule has 1 aromatic heterocycles. The standard InChI is InChI=1S/C23H25N5O2/c1-16(29)24-20-8-6-7-18(15-20)23(30)25-19-12-10-17(11-13-19)22-27-26-21-9-4-2-3-5-14-28(21)22/h6-8,10-13,15H,2-5,9,14H2,1H3,(H,24,29)(H,25,30). The van der Waals surface area contributed by atoms with E-state index in [9.17, 15) is 9.59 Å². The van der Waals surface area contributed by atoms with Crippen LogP contribution in [0.25, 0.3) is 11.4 Å². The van der Waals surface area contributed by atoms with Gasteiger partial charge in [-0.3, -0.25) is 9.59 Å². The number of carbonyl (C=O) groups excluding carboxylic acids is 2. The lowest BCUT2D eigenvalue weighted by atomic mass is 10.1. The van der Waals surface area contributed by atoms with Crippen LogP contribution in [-0.4, -0.2) is 26.6 Å². The van der Waals surface area contributed by atoms with Crippen molar-refractivity contribution in [3.8, 4) is 11.4 Å². The molecule has 4 rings (SSSR count). The van der Waals surface area contributed by atoms with Gasteiger partial charge in [0, 0.05) is 42.4 Å². The smallest absolute Gasteiger partial charge is 0.255 e. The Labute approximate surface area is 175 Å². The molecule has 154 valence electrons. The molecule has 0 atom stereocenters. The highest BCUT2D eigenvalue weighted by Crippen LogP contribution is 2.24. The van der Waals surface area contributed by atoms with Crippen molar-refractivity contribution in [1.29, 1.82) is 0 Å². The monoisotopic (exact) mass is 403 g/mol. The zero-order valence-electron chi connectivity index (χ0n) is 17.0. The number of fused-ring (bicyclic) bond motifs is 1. The molecule has 0 radical (unpaired) electrons. The summed E-state index contributed by atoms with van der Waals surface area (Å²) in [6, 6.07) is 14.5. The number of rotatable bonds is 4. The van der Waals surface area contributed by atoms with E-state index in [4.69, 9.17) is 0 Å². The van der Waals surface area contributed by atoms with Crippen LogP contribution in [0.3, 0.4) is 0 Å². The first-order valence-corrected chi connectivity index (χ1v) is 10.3. The zero-order chi connectivity index (χ0) is 20.9. The fraction of sp³-hybridized carbons (Fsp3) is 0.304. The van der Waals surface area contributed by atoms with Gasteiger partial charge in [0.25, 0.3) is 5.91 Å². The topological polar surface area (TPSA) is 88.9 Å². The minimum absolute atomic E-state index is 0.176. The summed E-state index contributed by atoms with van der Waals surface area (Å²) in [5.74, 6) is 1.53. The van der Waals surface area contributed by atoms with E-state index in [-0.39, 0.29) is 11.8 Å². The van der Waals surface area contributed by atoms with E-state index >= 15 is 0 Å². The van der Waals surface area contributed by atoms with Crippen molar-refractivity contribution in [1.82, 2.24) is 14.8 Å². The molecule has 2 N–H and O–H groups in total. The SMILES string of the molecule is CC(=O)Nc1cccc(C(=O)Nc2ccc(-c3nnc4n3CCCCCC4)cc2)c1. The Morgan fingerprint density at radius 1 is 0.900 bits per heavy atom. The summed E-state index contributed by atoms with van der Waals surface area (Å²) in [6.45, 7) is 2.38. The number of aromatic nitrogens is 3. The summed E-state index contributed by atoms with van der Waals surface area (Å²) >= 11 is 0. The minimum atomic E-state index is -0.234. The maximum absolute atomic E-state index is 12.6. The third-order valence-electron chi connectivity index (χ3n) is 5.21. The average molecular weight is 403 g/mol. The maximum atomic E-state index is 12.6. The van der Waals surface area contributed by atoms with Crippen molar-refractivity contribution in [2.75, 3.05) is 10.6 Å². The van der Waals surface area contributed by atoms with Crippen molar-refractivity contribution >= 4 is 23.2 Å². The first kappa shape index (κ1) is 19.8. The van der Waals surface area contributed by atoms with E-state index in [0.29, 0.717) is 16.9 Å². The number of aryl methyl sites for hydroxylation is 1. The number of hydrogen-bond donors (Lipinski definition) is 2. The molecule has 0 fully saturated rings. The summed E-state index contributed by atoms with van der Waals surface area (Å²) in [5, 5.41) is 14.4. The molecule has 1 aliphatic rings. The van der Waals surface area contributed by atoms with E-state index in [1.807, 2.05) is 24.3 Å². The second-order valence-corrected chi connectivity index (χ2v) is 7.55. The molecule has 2 heterocycles. The van der Waals surface area contributed by atoms with Gasteiger partial charge in [-0.05, 0) is 55.3 Å². The molecule has 0 aliphatic carbocycles. The van der Waals surface area contributed by atoms with Crippen molar-refractivity contribution < 1.29 is 9.59 Å². The van der Waals surface area contributed by atoms with E-state index in [0.717, 1.165) is 43.0 Å². The highest BCUT2D eigenvalue weighted by atomic mass is 16.2. The number of carbonyl (C=O) groups is 2. The first-order valence-electron chi connectivity index (χ1n) is 10.3. The van der Waals surface area contributed by atoms with E-state index in [2.05, 4.69) is 25.4 Å². The van der Waals surface area contributed by atoms with Crippen LogP contribution in [0.1, 0.15) is 48.8 Å². The summed E-state index contributed by atoms with van der Waals surface area (Å²) < 4.78 is 2.22. The van der Waals surface area contributed by atoms with Crippen LogP contribution in [-0.2, 0) is 17.8 Å². The fourth-order valence-corrected chi connectivity index (χ4v) is 3.72. The lowest BCUT2D eigenvalue weighted by molar-refractivity contribution is -0.114. The number of nitrogens with one attached hydrogen (secondary N) is 2. The summed E-state index contributed by atoms with van der Waals surface area (Å²) in [4.78, 5) is 23.8. The Morgan fingerprint density at radius 3 is 2.50 bits per heavy atom. The molecule has 7 nitrogen and oxygen atoms in total. The van der Waals surface area contributed by atoms with E-state index < -0.39 is 0 Å². The van der Waals surface area contributed by atoms with Gasteiger partial charge in [0.15, 0.2) is 5.82 Å². The summed E-state index contributed by atoms with van der Waals surface area (Å²) in [6.07, 6.45) is 5.77. The quantitative estimate of drug-likeness (QED) is 0.681. The lowest BCUT2D eigenvalue weighted by Crippen LogP contribution is -2.13. The van der Waals surface area contributed by atoms with Crippen LogP contribution in [0.5, 0.6) is 0 Å². The van der Waals surface area contributed by atoms with E-state index in [1.54, 1.807) is 24.3 Å². The van der Waals surface area contributed by atoms with Gasteiger partial charge in [-0.1, -0.05) is 18.9 Å². The normalized spacial score (nSPS) is 13.6. The van der Waals surface area contributed by atoms with Crippen LogP contribution < -0.4 is 10.6 Å². The molecule has 0 bridgehead atoms. The van der Waals surface area contributed by atoms with Gasteiger partial charge in [-0.25, -0.2) is 0 Å². The Morgan fingerprint density at radius 2 is 1.70 bits per heavy atom. The van der Waals surface area contributed by atoms with Gasteiger partial charge < -0.3 is 15.2 Å². The zero-order valence-corrected chi connectivity index (χ0v) is 17.0. The number of anilines is 2. The molecule has 0 saturated carbocycles. The largest absolute Gasteiger partial charge is 0.326 e. The van der Waals surface area contributed by atoms with Gasteiger partial charge in [-0.2, -0.15) is 0 Å². The highest BCUT2D eigenvalue weighted by Gasteiger charge is 2.15. The second-order valence-electron chi connectivity index (χ2n) is 7.55. The number of nitrogens with zero attached hydrogens (tertiary/aromatic N) is 3. The average Bonchev–Trinajstić information content (AvgIpc) is 3.09. The van der Waals surface area contributed by atoms with Gasteiger partial charge in [0.2, 0.25) is 5.91 Å². The van der Waals surface area contributed by atoms with Crippen LogP contribution in [0.2, 0.25) is 0 Å². The van der Waals surface area contributed by atoms with E-state index in [1.165, 1.54) is 19.8 Å². The van der Waals surface area contributed by atoms with Gasteiger partial charge >= 0.3 is 0 Å². The second kappa shape index (κ2) is 8.90. The predicted molar refractivity (Wildman–Crippen MR) is 116 cm³/mol. The molecule has 3 aromatic rings. The van der Waals surface area contributed by atoms with Crippen LogP contribution in [0.15, 0.2) is 48.5 Å². The molecule has 0 spiro atoms. The lowest BCUT2D eigenvalue weighted by Gasteiger charge is -2.13. The van der Waals surface area contributed by atoms with Crippen molar-refractivity contribution in [3.63, 3.8) is 0 Å². The first-order chi connectivity index (χ1) is 14.6. The fourth-order valence-electron chi connectivity index (χ4n) is 3.72. The van der Waals surface area contributed by atoms with Crippen molar-refractivity contribution in [2.45, 2.75) is 45.6 Å². The molecule has 1 aliphatic heterocycles. The van der Waals surface area contributed by atoms with Gasteiger partial charge in [0.05, 0.1) is 0 Å². The van der Waals surface area contributed by atoms with Gasteiger partial charge in [-0.15, -0.1) is 10.2 Å². The molecule has 7 heteroatoms. The number of amides is 2. The molecular weight excluding hydrogens is 378 g/mol. The van der Waals surface area contributed by atoms with Crippen LogP contribution in [0, 0.1) is 0 Å². The Balaban J connectivity index is 1.48. The third kappa shape index (κ3) is 4.56. The molecule has 0 unspecified atom stereocenters. The molecule has 0 saturated heterocycles. The number of benzene rings is 2. The Kier molecular flexibility index (Phi) is 5.88. The summed E-state index contributed by atoms with van der Waals surface area (Å²) in [7, 11) is 0. The third-order valence-corrected chi connectivity index (χ3v) is 5.21. The molecule has 2 aromatic carbocycles. The highest BCUT2D eigenvalue weighted by molar-refractivity contribution is 6.05. The number of hydrogen-bond acceptors (Lipinski definition) is 4. The van der Waals surface area contributed by atoms with Crippen LogP contribution in [0.4, 0.5) is 11.4 Å². The summed E-state index contributed by atoms with van der Waals surface area (Å²) in [5.41, 5.74) is 2.75. The van der Waals surface area contributed by atoms with Crippen molar-refractivity contribution in [3.05, 3.63) is 59.9 Å². The molecular formula is C23H25N5O2. The Hall–Kier alpha value is -3.48. The minimum Gasteiger partial charge on any atom is -0.326 e. The molecule has 2 amide bonds. The van der Waals surface area contributed by atoms with Crippen LogP contribution >= 0.6 is 0 Å². The molecule has 30 heavy (non-hydrogen) atoms. The van der Waals surface area contributed by atoms with Gasteiger partial charge in [0.1, 0.15) is 5.82 Å². The predicted octanol–water partition coefficient (Wildman–Crippen LogP) is 4.27.